The number of aryl methyl sites for hydroxylation is 1. The summed E-state index contributed by atoms with van der Waals surface area (Å²) in [7, 11) is 2.01. The first-order valence-corrected chi connectivity index (χ1v) is 4.63. The molecule has 13 heavy (non-hydrogen) atoms. The Morgan fingerprint density at radius 2 is 2.00 bits per heavy atom. The Balaban J connectivity index is 2.44. The van der Waals surface area contributed by atoms with Gasteiger partial charge in [-0.1, -0.05) is 18.2 Å². The van der Waals surface area contributed by atoms with Gasteiger partial charge in [0, 0.05) is 12.8 Å². The molecule has 2 rings (SSSR count). The van der Waals surface area contributed by atoms with E-state index >= 15 is 0 Å². The molecule has 0 unspecified atom stereocenters. The lowest BCUT2D eigenvalue weighted by Gasteiger charge is -2.14. The van der Waals surface area contributed by atoms with Gasteiger partial charge in [-0.3, -0.25) is 5.01 Å². The number of hydrogen-bond acceptors (Lipinski definition) is 2. The smallest absolute Gasteiger partial charge is 0.0622 e. The molecule has 0 amide bonds. The van der Waals surface area contributed by atoms with Crippen molar-refractivity contribution < 1.29 is 0 Å². The minimum atomic E-state index is 1.07. The molecule has 1 aliphatic heterocycles. The normalized spacial score (nSPS) is 16.2. The van der Waals surface area contributed by atoms with Crippen LogP contribution in [0.5, 0.6) is 0 Å². The molecule has 0 bridgehead atoms. The van der Waals surface area contributed by atoms with Crippen molar-refractivity contribution in [1.82, 2.24) is 0 Å². The van der Waals surface area contributed by atoms with E-state index in [1.165, 1.54) is 17.0 Å². The van der Waals surface area contributed by atoms with Crippen molar-refractivity contribution >= 4 is 11.4 Å². The topological polar surface area (TPSA) is 15.6 Å². The lowest BCUT2D eigenvalue weighted by Crippen LogP contribution is -2.10. The van der Waals surface area contributed by atoms with Crippen molar-refractivity contribution in [2.75, 3.05) is 12.1 Å². The molecule has 0 saturated carbocycles. The summed E-state index contributed by atoms with van der Waals surface area (Å²) < 4.78 is 0. The van der Waals surface area contributed by atoms with Gasteiger partial charge in [0.2, 0.25) is 0 Å². The van der Waals surface area contributed by atoms with Gasteiger partial charge in [0.1, 0.15) is 0 Å². The van der Waals surface area contributed by atoms with Gasteiger partial charge in [-0.05, 0) is 31.4 Å². The van der Waals surface area contributed by atoms with Crippen molar-refractivity contribution in [3.63, 3.8) is 0 Å². The first-order valence-electron chi connectivity index (χ1n) is 4.63. The first kappa shape index (κ1) is 8.30. The fraction of sp³-hybridized carbons (Fsp3) is 0.364. The molecule has 2 nitrogen and oxygen atoms in total. The van der Waals surface area contributed by atoms with Crippen LogP contribution in [0.1, 0.15) is 18.9 Å². The third kappa shape index (κ3) is 1.57. The van der Waals surface area contributed by atoms with Crippen LogP contribution in [0.4, 0.5) is 5.69 Å². The van der Waals surface area contributed by atoms with Crippen molar-refractivity contribution in [2.24, 2.45) is 5.10 Å². The van der Waals surface area contributed by atoms with E-state index in [1.807, 2.05) is 12.1 Å². The minimum absolute atomic E-state index is 1.07. The Labute approximate surface area is 78.9 Å². The van der Waals surface area contributed by atoms with Crippen LogP contribution in [0.25, 0.3) is 0 Å². The SMILES string of the molecule is CC1=NN(C)c2ccccc2CC1. The number of nitrogens with zero attached hydrogens (tertiary/aromatic N) is 2. The maximum atomic E-state index is 4.47. The van der Waals surface area contributed by atoms with Gasteiger partial charge in [0.15, 0.2) is 0 Å². The molecule has 0 fully saturated rings. The Morgan fingerprint density at radius 3 is 2.85 bits per heavy atom. The minimum Gasteiger partial charge on any atom is -0.268 e. The van der Waals surface area contributed by atoms with Crippen LogP contribution < -0.4 is 5.01 Å². The van der Waals surface area contributed by atoms with Crippen LogP contribution in [0, 0.1) is 0 Å². The summed E-state index contributed by atoms with van der Waals surface area (Å²) in [6.07, 6.45) is 2.18. The molecular formula is C11H14N2. The monoisotopic (exact) mass is 174 g/mol. The molecule has 1 aliphatic rings. The van der Waals surface area contributed by atoms with Gasteiger partial charge in [-0.2, -0.15) is 5.10 Å². The lowest BCUT2D eigenvalue weighted by atomic mass is 10.1. The summed E-state index contributed by atoms with van der Waals surface area (Å²) in [5.41, 5.74) is 3.84. The van der Waals surface area contributed by atoms with Crippen LogP contribution in [0.2, 0.25) is 0 Å². The maximum Gasteiger partial charge on any atom is 0.0622 e. The van der Waals surface area contributed by atoms with E-state index in [2.05, 4.69) is 36.3 Å². The highest BCUT2D eigenvalue weighted by Gasteiger charge is 2.10. The number of rotatable bonds is 0. The molecule has 68 valence electrons. The molecule has 2 heteroatoms. The summed E-state index contributed by atoms with van der Waals surface area (Å²) >= 11 is 0. The predicted molar refractivity (Wildman–Crippen MR) is 56.3 cm³/mol. The summed E-state index contributed by atoms with van der Waals surface area (Å²) in [6.45, 7) is 2.09. The highest BCUT2D eigenvalue weighted by molar-refractivity contribution is 5.84. The number of anilines is 1. The number of benzene rings is 1. The van der Waals surface area contributed by atoms with Gasteiger partial charge >= 0.3 is 0 Å². The van der Waals surface area contributed by atoms with E-state index in [0.717, 1.165) is 12.8 Å². The molecule has 1 aromatic carbocycles. The Bertz CT molecular complexity index is 342. The van der Waals surface area contributed by atoms with Gasteiger partial charge < -0.3 is 0 Å². The summed E-state index contributed by atoms with van der Waals surface area (Å²) in [5.74, 6) is 0. The Morgan fingerprint density at radius 1 is 1.23 bits per heavy atom. The number of fused-ring (bicyclic) bond motifs is 1. The number of hydrogen-bond donors (Lipinski definition) is 0. The van der Waals surface area contributed by atoms with E-state index in [9.17, 15) is 0 Å². The van der Waals surface area contributed by atoms with Crippen molar-refractivity contribution in [2.45, 2.75) is 19.8 Å². The molecule has 0 spiro atoms. The second kappa shape index (κ2) is 3.21. The average Bonchev–Trinajstić information content (AvgIpc) is 2.27. The van der Waals surface area contributed by atoms with Gasteiger partial charge in [0.05, 0.1) is 5.69 Å². The molecule has 0 atom stereocenters. The van der Waals surface area contributed by atoms with Gasteiger partial charge in [0.25, 0.3) is 0 Å². The quantitative estimate of drug-likeness (QED) is 0.590. The molecule has 0 N–H and O–H groups in total. The van der Waals surface area contributed by atoms with Crippen molar-refractivity contribution in [3.8, 4) is 0 Å². The summed E-state index contributed by atoms with van der Waals surface area (Å²) in [5, 5.41) is 6.44. The molecule has 0 radical (unpaired) electrons. The fourth-order valence-electron chi connectivity index (χ4n) is 1.71. The zero-order valence-electron chi connectivity index (χ0n) is 8.12. The third-order valence-electron chi connectivity index (χ3n) is 2.42. The standard InChI is InChI=1S/C11H14N2/c1-9-7-8-10-5-3-4-6-11(10)13(2)12-9/h3-6H,7-8H2,1-2H3. The summed E-state index contributed by atoms with van der Waals surface area (Å²) in [6, 6.07) is 8.45. The fourth-order valence-corrected chi connectivity index (χ4v) is 1.71. The highest BCUT2D eigenvalue weighted by atomic mass is 15.4. The van der Waals surface area contributed by atoms with E-state index in [-0.39, 0.29) is 0 Å². The Kier molecular flexibility index (Phi) is 2.05. The molecule has 0 aromatic heterocycles. The molecular weight excluding hydrogens is 160 g/mol. The molecule has 0 saturated heterocycles. The zero-order valence-corrected chi connectivity index (χ0v) is 8.12. The van der Waals surface area contributed by atoms with Crippen LogP contribution in [0.15, 0.2) is 29.4 Å². The summed E-state index contributed by atoms with van der Waals surface area (Å²) in [4.78, 5) is 0. The van der Waals surface area contributed by atoms with E-state index in [4.69, 9.17) is 0 Å². The molecule has 0 aliphatic carbocycles. The van der Waals surface area contributed by atoms with Crippen LogP contribution in [-0.2, 0) is 6.42 Å². The predicted octanol–water partition coefficient (Wildman–Crippen LogP) is 2.44. The Hall–Kier alpha value is -1.31. The number of hydrazone groups is 1. The van der Waals surface area contributed by atoms with Crippen LogP contribution in [0.3, 0.4) is 0 Å². The van der Waals surface area contributed by atoms with Crippen molar-refractivity contribution in [3.05, 3.63) is 29.8 Å². The van der Waals surface area contributed by atoms with Gasteiger partial charge in [-0.25, -0.2) is 0 Å². The second-order valence-corrected chi connectivity index (χ2v) is 3.49. The third-order valence-corrected chi connectivity index (χ3v) is 2.42. The van der Waals surface area contributed by atoms with E-state index in [1.54, 1.807) is 0 Å². The second-order valence-electron chi connectivity index (χ2n) is 3.49. The molecule has 1 heterocycles. The largest absolute Gasteiger partial charge is 0.268 e. The van der Waals surface area contributed by atoms with Crippen LogP contribution in [-0.4, -0.2) is 12.8 Å². The molecule has 1 aromatic rings. The van der Waals surface area contributed by atoms with Gasteiger partial charge in [-0.15, -0.1) is 0 Å². The number of para-hydroxylation sites is 1. The average molecular weight is 174 g/mol. The van der Waals surface area contributed by atoms with E-state index in [0.29, 0.717) is 0 Å². The highest BCUT2D eigenvalue weighted by Crippen LogP contribution is 2.23. The van der Waals surface area contributed by atoms with Crippen molar-refractivity contribution in [1.29, 1.82) is 0 Å². The van der Waals surface area contributed by atoms with E-state index < -0.39 is 0 Å². The lowest BCUT2D eigenvalue weighted by molar-refractivity contribution is 1.01. The zero-order chi connectivity index (χ0) is 9.26. The maximum absolute atomic E-state index is 4.47. The van der Waals surface area contributed by atoms with Crippen LogP contribution >= 0.6 is 0 Å². The first-order chi connectivity index (χ1) is 6.27.